The summed E-state index contributed by atoms with van der Waals surface area (Å²) >= 11 is 0. The first-order valence-electron chi connectivity index (χ1n) is 5.90. The van der Waals surface area contributed by atoms with Crippen LogP contribution in [-0.4, -0.2) is 11.9 Å². The zero-order chi connectivity index (χ0) is 13.7. The molecule has 0 bridgehead atoms. The first-order chi connectivity index (χ1) is 9.16. The molecule has 0 saturated heterocycles. The lowest BCUT2D eigenvalue weighted by molar-refractivity contribution is 0.272. The highest BCUT2D eigenvalue weighted by Crippen LogP contribution is 2.24. The van der Waals surface area contributed by atoms with Crippen molar-refractivity contribution < 1.29 is 14.0 Å². The van der Waals surface area contributed by atoms with Crippen molar-refractivity contribution in [2.24, 2.45) is 0 Å². The normalized spacial score (nSPS) is 12.1. The summed E-state index contributed by atoms with van der Waals surface area (Å²) in [7, 11) is -0.868. The lowest BCUT2D eigenvalue weighted by Gasteiger charge is -2.19. The first kappa shape index (κ1) is 13.8. The monoisotopic (exact) mass is 277 g/mol. The van der Waals surface area contributed by atoms with E-state index in [2.05, 4.69) is 4.90 Å². The highest BCUT2D eigenvalue weighted by molar-refractivity contribution is 7.32. The smallest absolute Gasteiger partial charge is 0.316 e. The molecule has 0 aliphatic carbocycles. The minimum Gasteiger partial charge on any atom is -0.345 e. The van der Waals surface area contributed by atoms with Crippen molar-refractivity contribution in [2.75, 3.05) is 11.9 Å². The van der Waals surface area contributed by atoms with Gasteiger partial charge in [-0.1, -0.05) is 30.3 Å². The van der Waals surface area contributed by atoms with E-state index in [0.717, 1.165) is 16.9 Å². The predicted molar refractivity (Wildman–Crippen MR) is 77.0 cm³/mol. The minimum absolute atomic E-state index is 0.156. The van der Waals surface area contributed by atoms with Gasteiger partial charge in [0.15, 0.2) is 0 Å². The zero-order valence-corrected chi connectivity index (χ0v) is 11.6. The van der Waals surface area contributed by atoms with Gasteiger partial charge < -0.3 is 14.3 Å². The van der Waals surface area contributed by atoms with Crippen molar-refractivity contribution in [1.82, 2.24) is 0 Å². The van der Waals surface area contributed by atoms with Crippen LogP contribution in [0.1, 0.15) is 5.56 Å². The van der Waals surface area contributed by atoms with E-state index >= 15 is 0 Å². The van der Waals surface area contributed by atoms with E-state index in [0.29, 0.717) is 0 Å². The van der Waals surface area contributed by atoms with E-state index in [1.807, 2.05) is 61.6 Å². The van der Waals surface area contributed by atoms with Crippen molar-refractivity contribution in [1.29, 1.82) is 0 Å². The Hall–Kier alpha value is -1.61. The SMILES string of the molecule is CN(c1ccccc1)c1ccc(CO[PH](=O)O)cc1. The molecule has 1 N–H and O–H groups in total. The van der Waals surface area contributed by atoms with E-state index in [1.165, 1.54) is 0 Å². The van der Waals surface area contributed by atoms with E-state index in [4.69, 9.17) is 9.42 Å². The standard InChI is InChI=1S/C14H16NO3P/c1-15(13-5-3-2-4-6-13)14-9-7-12(8-10-14)11-18-19(16)17/h2-10,19H,11H2,1H3,(H,16,17). The number of rotatable bonds is 5. The summed E-state index contributed by atoms with van der Waals surface area (Å²) in [4.78, 5) is 10.7. The van der Waals surface area contributed by atoms with Gasteiger partial charge in [-0.25, -0.2) is 0 Å². The molecule has 0 fully saturated rings. The molecule has 0 aliphatic rings. The lowest BCUT2D eigenvalue weighted by Crippen LogP contribution is -2.08. The van der Waals surface area contributed by atoms with E-state index in [-0.39, 0.29) is 6.61 Å². The third-order valence-corrected chi connectivity index (χ3v) is 3.22. The Kier molecular flexibility index (Phi) is 4.74. The number of para-hydroxylation sites is 1. The van der Waals surface area contributed by atoms with Crippen LogP contribution in [0.2, 0.25) is 0 Å². The molecular weight excluding hydrogens is 261 g/mol. The Labute approximate surface area is 113 Å². The molecule has 0 heterocycles. The quantitative estimate of drug-likeness (QED) is 0.851. The zero-order valence-electron chi connectivity index (χ0n) is 10.6. The highest BCUT2D eigenvalue weighted by atomic mass is 31.1. The van der Waals surface area contributed by atoms with Crippen LogP contribution in [0.5, 0.6) is 0 Å². The van der Waals surface area contributed by atoms with Crippen LogP contribution in [-0.2, 0) is 15.7 Å². The average molecular weight is 277 g/mol. The molecule has 0 saturated carbocycles. The molecule has 0 aliphatic heterocycles. The Morgan fingerprint density at radius 2 is 1.63 bits per heavy atom. The Balaban J connectivity index is 2.08. The molecular formula is C14H16NO3P. The number of anilines is 2. The fraction of sp³-hybridized carbons (Fsp3) is 0.143. The van der Waals surface area contributed by atoms with Gasteiger partial charge in [0.05, 0.1) is 6.61 Å². The first-order valence-corrected chi connectivity index (χ1v) is 7.16. The van der Waals surface area contributed by atoms with E-state index in [9.17, 15) is 4.57 Å². The van der Waals surface area contributed by atoms with Crippen molar-refractivity contribution in [3.63, 3.8) is 0 Å². The van der Waals surface area contributed by atoms with Crippen molar-refractivity contribution in [3.05, 3.63) is 60.2 Å². The van der Waals surface area contributed by atoms with Crippen LogP contribution < -0.4 is 4.90 Å². The fourth-order valence-corrected chi connectivity index (χ4v) is 2.05. The number of benzene rings is 2. The number of hydrogen-bond donors (Lipinski definition) is 1. The van der Waals surface area contributed by atoms with Gasteiger partial charge in [0, 0.05) is 18.4 Å². The lowest BCUT2D eigenvalue weighted by atomic mass is 10.2. The summed E-state index contributed by atoms with van der Waals surface area (Å²) in [6, 6.07) is 17.7. The van der Waals surface area contributed by atoms with Crippen LogP contribution in [0.3, 0.4) is 0 Å². The fourth-order valence-electron chi connectivity index (χ4n) is 1.76. The average Bonchev–Trinajstić information content (AvgIpc) is 2.46. The maximum absolute atomic E-state index is 10.5. The molecule has 0 aromatic heterocycles. The molecule has 100 valence electrons. The number of hydrogen-bond acceptors (Lipinski definition) is 3. The molecule has 0 spiro atoms. The summed E-state index contributed by atoms with van der Waals surface area (Å²) in [5.74, 6) is 0. The Morgan fingerprint density at radius 3 is 2.21 bits per heavy atom. The van der Waals surface area contributed by atoms with Gasteiger partial charge >= 0.3 is 8.25 Å². The third-order valence-electron chi connectivity index (χ3n) is 2.83. The van der Waals surface area contributed by atoms with Crippen LogP contribution in [0, 0.1) is 0 Å². The van der Waals surface area contributed by atoms with Gasteiger partial charge in [-0.15, -0.1) is 0 Å². The maximum atomic E-state index is 10.5. The predicted octanol–water partition coefficient (Wildman–Crippen LogP) is 3.35. The molecule has 2 aromatic rings. The number of nitrogens with zero attached hydrogens (tertiary/aromatic N) is 1. The van der Waals surface area contributed by atoms with Crippen LogP contribution >= 0.6 is 8.25 Å². The molecule has 1 atom stereocenters. The van der Waals surface area contributed by atoms with Crippen LogP contribution in [0.4, 0.5) is 11.4 Å². The summed E-state index contributed by atoms with van der Waals surface area (Å²) in [6.45, 7) is 0.156. The molecule has 19 heavy (non-hydrogen) atoms. The minimum atomic E-state index is -2.86. The maximum Gasteiger partial charge on any atom is 0.316 e. The molecule has 0 amide bonds. The van der Waals surface area contributed by atoms with Gasteiger partial charge in [-0.3, -0.25) is 4.57 Å². The van der Waals surface area contributed by atoms with E-state index < -0.39 is 8.25 Å². The van der Waals surface area contributed by atoms with Crippen LogP contribution in [0.15, 0.2) is 54.6 Å². The van der Waals surface area contributed by atoms with Gasteiger partial charge in [0.25, 0.3) is 0 Å². The van der Waals surface area contributed by atoms with E-state index in [1.54, 1.807) is 0 Å². The van der Waals surface area contributed by atoms with Crippen molar-refractivity contribution in [3.8, 4) is 0 Å². The summed E-state index contributed by atoms with van der Waals surface area (Å²) < 4.78 is 15.2. The van der Waals surface area contributed by atoms with Crippen molar-refractivity contribution in [2.45, 2.75) is 6.61 Å². The Bertz CT molecular complexity index is 542. The molecule has 0 radical (unpaired) electrons. The second-order valence-corrected chi connectivity index (χ2v) is 4.94. The molecule has 2 rings (SSSR count). The van der Waals surface area contributed by atoms with Crippen molar-refractivity contribution >= 4 is 19.6 Å². The highest BCUT2D eigenvalue weighted by Gasteiger charge is 2.03. The molecule has 1 unspecified atom stereocenters. The second kappa shape index (κ2) is 6.53. The summed E-state index contributed by atoms with van der Waals surface area (Å²) in [5, 5.41) is 0. The van der Waals surface area contributed by atoms with Gasteiger partial charge in [0.2, 0.25) is 0 Å². The Morgan fingerprint density at radius 1 is 1.05 bits per heavy atom. The molecule has 2 aromatic carbocycles. The molecule has 5 heteroatoms. The van der Waals surface area contributed by atoms with Gasteiger partial charge in [0.1, 0.15) is 0 Å². The van der Waals surface area contributed by atoms with Crippen LogP contribution in [0.25, 0.3) is 0 Å². The second-order valence-electron chi connectivity index (χ2n) is 4.12. The van der Waals surface area contributed by atoms with Gasteiger partial charge in [-0.05, 0) is 29.8 Å². The third kappa shape index (κ3) is 3.93. The molecule has 4 nitrogen and oxygen atoms in total. The topological polar surface area (TPSA) is 49.8 Å². The summed E-state index contributed by atoms with van der Waals surface area (Å²) in [6.07, 6.45) is 0. The largest absolute Gasteiger partial charge is 0.345 e. The summed E-state index contributed by atoms with van der Waals surface area (Å²) in [5.41, 5.74) is 3.02. The van der Waals surface area contributed by atoms with Gasteiger partial charge in [-0.2, -0.15) is 0 Å².